The number of carbonyl (C=O) groups excluding carboxylic acids is 1. The SMILES string of the molecule is O=C(Nc1ncnc2c1ccn2[C@@H]1O[C@@]2(CO)CO[C@@H]1[C@@H]2O)c1ccccc1. The highest BCUT2D eigenvalue weighted by Crippen LogP contribution is 2.45. The summed E-state index contributed by atoms with van der Waals surface area (Å²) in [6, 6.07) is 10.6. The number of fused-ring (bicyclic) bond motifs is 3. The van der Waals surface area contributed by atoms with Crippen LogP contribution in [-0.4, -0.2) is 61.7 Å². The zero-order valence-electron chi connectivity index (χ0n) is 14.7. The van der Waals surface area contributed by atoms with Crippen LogP contribution in [0, 0.1) is 0 Å². The first-order valence-corrected chi connectivity index (χ1v) is 8.89. The molecule has 2 saturated heterocycles. The summed E-state index contributed by atoms with van der Waals surface area (Å²) in [4.78, 5) is 21.0. The maximum absolute atomic E-state index is 12.5. The van der Waals surface area contributed by atoms with Crippen molar-refractivity contribution in [2.24, 2.45) is 0 Å². The second-order valence-electron chi connectivity index (χ2n) is 6.95. The minimum Gasteiger partial charge on any atom is -0.393 e. The van der Waals surface area contributed by atoms with Gasteiger partial charge in [-0.15, -0.1) is 0 Å². The van der Waals surface area contributed by atoms with Crippen LogP contribution in [-0.2, 0) is 9.47 Å². The summed E-state index contributed by atoms with van der Waals surface area (Å²) in [5.74, 6) is 0.0987. The monoisotopic (exact) mass is 382 g/mol. The van der Waals surface area contributed by atoms with Crippen LogP contribution in [0.25, 0.3) is 11.0 Å². The maximum Gasteiger partial charge on any atom is 0.256 e. The zero-order chi connectivity index (χ0) is 19.3. The van der Waals surface area contributed by atoms with E-state index in [4.69, 9.17) is 9.47 Å². The van der Waals surface area contributed by atoms with Crippen molar-refractivity contribution in [1.82, 2.24) is 14.5 Å². The van der Waals surface area contributed by atoms with Gasteiger partial charge in [0.2, 0.25) is 0 Å². The summed E-state index contributed by atoms with van der Waals surface area (Å²) in [6.07, 6.45) is 0.913. The number of rotatable bonds is 4. The van der Waals surface area contributed by atoms with E-state index >= 15 is 0 Å². The second kappa shape index (κ2) is 6.35. The Kier molecular flexibility index (Phi) is 3.91. The zero-order valence-corrected chi connectivity index (χ0v) is 14.7. The number of aliphatic hydroxyl groups excluding tert-OH is 2. The predicted octanol–water partition coefficient (Wildman–Crippen LogP) is 0.703. The van der Waals surface area contributed by atoms with Gasteiger partial charge in [-0.1, -0.05) is 18.2 Å². The summed E-state index contributed by atoms with van der Waals surface area (Å²) in [6.45, 7) is -0.202. The van der Waals surface area contributed by atoms with E-state index in [9.17, 15) is 15.0 Å². The maximum atomic E-state index is 12.5. The topological polar surface area (TPSA) is 119 Å². The van der Waals surface area contributed by atoms with Gasteiger partial charge >= 0.3 is 0 Å². The van der Waals surface area contributed by atoms with Crippen molar-refractivity contribution < 1.29 is 24.5 Å². The van der Waals surface area contributed by atoms with E-state index in [1.165, 1.54) is 6.33 Å². The van der Waals surface area contributed by atoms with Crippen LogP contribution < -0.4 is 5.32 Å². The first-order chi connectivity index (χ1) is 13.6. The van der Waals surface area contributed by atoms with Crippen LogP contribution in [0.1, 0.15) is 16.6 Å². The van der Waals surface area contributed by atoms with Gasteiger partial charge in [0.25, 0.3) is 5.91 Å². The molecule has 144 valence electrons. The highest BCUT2D eigenvalue weighted by molar-refractivity contribution is 6.07. The lowest BCUT2D eigenvalue weighted by molar-refractivity contribution is -0.185. The number of aliphatic hydroxyl groups is 2. The van der Waals surface area contributed by atoms with Gasteiger partial charge in [-0.25, -0.2) is 9.97 Å². The summed E-state index contributed by atoms with van der Waals surface area (Å²) in [5.41, 5.74) is -0.0742. The van der Waals surface area contributed by atoms with E-state index in [-0.39, 0.29) is 19.1 Å². The van der Waals surface area contributed by atoms with Gasteiger partial charge in [0.15, 0.2) is 6.23 Å². The summed E-state index contributed by atoms with van der Waals surface area (Å²) >= 11 is 0. The van der Waals surface area contributed by atoms with Crippen molar-refractivity contribution in [3.8, 4) is 0 Å². The van der Waals surface area contributed by atoms with Crippen LogP contribution in [0.5, 0.6) is 0 Å². The fraction of sp³-hybridized carbons (Fsp3) is 0.316. The molecule has 9 nitrogen and oxygen atoms in total. The molecular weight excluding hydrogens is 364 g/mol. The molecule has 3 N–H and O–H groups in total. The Labute approximate surface area is 159 Å². The third kappa shape index (κ3) is 2.45. The Morgan fingerprint density at radius 1 is 1.29 bits per heavy atom. The number of anilines is 1. The molecule has 2 aliphatic rings. The van der Waals surface area contributed by atoms with Crippen LogP contribution in [0.4, 0.5) is 5.82 Å². The molecule has 1 aromatic carbocycles. The van der Waals surface area contributed by atoms with Crippen molar-refractivity contribution in [1.29, 1.82) is 0 Å². The Morgan fingerprint density at radius 3 is 2.86 bits per heavy atom. The quantitative estimate of drug-likeness (QED) is 0.608. The Bertz CT molecular complexity index is 1040. The largest absolute Gasteiger partial charge is 0.393 e. The lowest BCUT2D eigenvalue weighted by Crippen LogP contribution is -2.44. The molecule has 0 spiro atoms. The third-order valence-corrected chi connectivity index (χ3v) is 5.33. The van der Waals surface area contributed by atoms with Gasteiger partial charge in [0.05, 0.1) is 18.6 Å². The standard InChI is InChI=1S/C19H18N4O5/c24-8-19-9-27-13(14(19)25)18(28-19)23-7-6-12-15(20-10-21-16(12)23)22-17(26)11-4-2-1-3-5-11/h1-7,10,13-14,18,24-25H,8-9H2,(H,20,21,22,26)/t13-,14+,18-,19+/m1/s1. The predicted molar refractivity (Wildman–Crippen MR) is 97.6 cm³/mol. The Hall–Kier alpha value is -2.85. The molecule has 0 aliphatic carbocycles. The summed E-state index contributed by atoms with van der Waals surface area (Å²) < 4.78 is 13.3. The van der Waals surface area contributed by atoms with Gasteiger partial charge in [-0.05, 0) is 18.2 Å². The van der Waals surface area contributed by atoms with Gasteiger partial charge in [0.1, 0.15) is 35.6 Å². The first kappa shape index (κ1) is 17.3. The number of hydrogen-bond acceptors (Lipinski definition) is 7. The Balaban J connectivity index is 1.48. The van der Waals surface area contributed by atoms with Crippen molar-refractivity contribution in [2.45, 2.75) is 24.0 Å². The molecule has 0 radical (unpaired) electrons. The molecule has 1 amide bonds. The molecule has 9 heteroatoms. The average Bonchev–Trinajstić information content (AvgIpc) is 3.39. The number of benzene rings is 1. The van der Waals surface area contributed by atoms with Gasteiger partial charge in [0, 0.05) is 11.8 Å². The summed E-state index contributed by atoms with van der Waals surface area (Å²) in [7, 11) is 0. The molecule has 2 bridgehead atoms. The summed E-state index contributed by atoms with van der Waals surface area (Å²) in [5, 5.41) is 23.5. The van der Waals surface area contributed by atoms with E-state index in [1.807, 2.05) is 6.07 Å². The van der Waals surface area contributed by atoms with Crippen LogP contribution in [0.3, 0.4) is 0 Å². The molecule has 3 aromatic rings. The lowest BCUT2D eigenvalue weighted by atomic mass is 10.0. The number of ether oxygens (including phenoxy) is 2. The van der Waals surface area contributed by atoms with Gasteiger partial charge < -0.3 is 29.6 Å². The second-order valence-corrected chi connectivity index (χ2v) is 6.95. The van der Waals surface area contributed by atoms with Crippen molar-refractivity contribution >= 4 is 22.8 Å². The van der Waals surface area contributed by atoms with Crippen LogP contribution in [0.15, 0.2) is 48.9 Å². The first-order valence-electron chi connectivity index (χ1n) is 8.89. The van der Waals surface area contributed by atoms with Crippen LogP contribution in [0.2, 0.25) is 0 Å². The third-order valence-electron chi connectivity index (χ3n) is 5.33. The number of carbonyl (C=O) groups is 1. The molecule has 4 heterocycles. The molecule has 2 aromatic heterocycles. The van der Waals surface area contributed by atoms with E-state index in [2.05, 4.69) is 15.3 Å². The lowest BCUT2D eigenvalue weighted by Gasteiger charge is -2.29. The van der Waals surface area contributed by atoms with E-state index in [1.54, 1.807) is 41.1 Å². The molecule has 0 unspecified atom stereocenters. The minimum absolute atomic E-state index is 0.137. The Morgan fingerprint density at radius 2 is 2.11 bits per heavy atom. The molecule has 2 fully saturated rings. The molecule has 2 aliphatic heterocycles. The van der Waals surface area contributed by atoms with E-state index in [0.717, 1.165) is 0 Å². The molecule has 0 saturated carbocycles. The van der Waals surface area contributed by atoms with Crippen molar-refractivity contribution in [3.05, 3.63) is 54.5 Å². The number of nitrogens with one attached hydrogen (secondary N) is 1. The highest BCUT2D eigenvalue weighted by Gasteiger charge is 2.61. The highest BCUT2D eigenvalue weighted by atomic mass is 16.7. The fourth-order valence-corrected chi connectivity index (χ4v) is 3.80. The molecular formula is C19H18N4O5. The van der Waals surface area contributed by atoms with Gasteiger partial charge in [-0.3, -0.25) is 4.79 Å². The van der Waals surface area contributed by atoms with E-state index in [0.29, 0.717) is 22.4 Å². The molecule has 28 heavy (non-hydrogen) atoms. The fourth-order valence-electron chi connectivity index (χ4n) is 3.80. The normalized spacial score (nSPS) is 28.7. The van der Waals surface area contributed by atoms with Crippen LogP contribution >= 0.6 is 0 Å². The molecule has 5 rings (SSSR count). The van der Waals surface area contributed by atoms with Crippen molar-refractivity contribution in [2.75, 3.05) is 18.5 Å². The van der Waals surface area contributed by atoms with Crippen molar-refractivity contribution in [3.63, 3.8) is 0 Å². The minimum atomic E-state index is -1.12. The van der Waals surface area contributed by atoms with Gasteiger partial charge in [-0.2, -0.15) is 0 Å². The number of nitrogens with zero attached hydrogens (tertiary/aromatic N) is 3. The number of aromatic nitrogens is 3. The van der Waals surface area contributed by atoms with E-state index < -0.39 is 24.0 Å². The molecule has 4 atom stereocenters. The number of hydrogen-bond donors (Lipinski definition) is 3. The number of amides is 1. The smallest absolute Gasteiger partial charge is 0.256 e. The average molecular weight is 382 g/mol.